The van der Waals surface area contributed by atoms with Gasteiger partial charge in [0.05, 0.1) is 15.7 Å². The topological polar surface area (TPSA) is 35.8 Å². The van der Waals surface area contributed by atoms with E-state index in [4.69, 9.17) is 5.26 Å². The van der Waals surface area contributed by atoms with Gasteiger partial charge in [-0.15, -0.1) is 0 Å². The lowest BCUT2D eigenvalue weighted by molar-refractivity contribution is 0.327. The van der Waals surface area contributed by atoms with Crippen LogP contribution in [-0.2, 0) is 0 Å². The van der Waals surface area contributed by atoms with Crippen LogP contribution in [0, 0.1) is 23.1 Å². The van der Waals surface area contributed by atoms with Gasteiger partial charge >= 0.3 is 0 Å². The number of hydrogen-bond acceptors (Lipinski definition) is 2. The number of halogens is 2. The van der Waals surface area contributed by atoms with E-state index in [1.54, 1.807) is 12.1 Å². The zero-order chi connectivity index (χ0) is 13.8. The lowest BCUT2D eigenvalue weighted by Crippen LogP contribution is -2.27. The minimum atomic E-state index is -0.363. The molecule has 1 aliphatic rings. The third-order valence-electron chi connectivity index (χ3n) is 3.92. The Bertz CT molecular complexity index is 496. The van der Waals surface area contributed by atoms with E-state index >= 15 is 0 Å². The van der Waals surface area contributed by atoms with E-state index in [0.717, 1.165) is 18.8 Å². The molecule has 1 saturated carbocycles. The Morgan fingerprint density at radius 2 is 2.26 bits per heavy atom. The molecule has 0 bridgehead atoms. The first-order valence-corrected chi connectivity index (χ1v) is 7.59. The maximum atomic E-state index is 14.1. The number of nitrogens with one attached hydrogen (secondary N) is 1. The monoisotopic (exact) mass is 324 g/mol. The van der Waals surface area contributed by atoms with Gasteiger partial charge in [-0.05, 0) is 46.8 Å². The van der Waals surface area contributed by atoms with Crippen LogP contribution in [0.2, 0.25) is 0 Å². The fraction of sp³-hybridized carbons (Fsp3) is 0.533. The number of anilines is 1. The second kappa shape index (κ2) is 6.38. The van der Waals surface area contributed by atoms with Gasteiger partial charge < -0.3 is 5.32 Å². The summed E-state index contributed by atoms with van der Waals surface area (Å²) < 4.78 is 14.4. The van der Waals surface area contributed by atoms with E-state index in [9.17, 15) is 4.39 Å². The van der Waals surface area contributed by atoms with Crippen molar-refractivity contribution >= 4 is 21.6 Å². The summed E-state index contributed by atoms with van der Waals surface area (Å²) in [6, 6.07) is 5.62. The van der Waals surface area contributed by atoms with Crippen molar-refractivity contribution in [3.05, 3.63) is 28.0 Å². The second-order valence-electron chi connectivity index (χ2n) is 5.18. The number of nitriles is 1. The van der Waals surface area contributed by atoms with Gasteiger partial charge in [0.1, 0.15) is 6.07 Å². The molecule has 0 heterocycles. The van der Waals surface area contributed by atoms with Crippen LogP contribution in [0.3, 0.4) is 0 Å². The zero-order valence-electron chi connectivity index (χ0n) is 11.0. The minimum absolute atomic E-state index is 0.253. The first kappa shape index (κ1) is 14.3. The molecule has 0 aromatic heterocycles. The number of rotatable bonds is 3. The molecular weight excluding hydrogens is 307 g/mol. The summed E-state index contributed by atoms with van der Waals surface area (Å²) >= 11 is 3.14. The highest BCUT2D eigenvalue weighted by Crippen LogP contribution is 2.31. The molecule has 1 aromatic rings. The van der Waals surface area contributed by atoms with E-state index in [1.807, 2.05) is 6.07 Å². The normalized spacial score (nSPS) is 22.8. The number of nitrogens with zero attached hydrogens (tertiary/aromatic N) is 1. The molecule has 4 heteroatoms. The fourth-order valence-corrected chi connectivity index (χ4v) is 3.19. The van der Waals surface area contributed by atoms with Crippen LogP contribution in [-0.4, -0.2) is 6.04 Å². The molecule has 0 aliphatic heterocycles. The molecule has 2 rings (SSSR count). The van der Waals surface area contributed by atoms with Crippen LogP contribution in [0.1, 0.15) is 44.6 Å². The van der Waals surface area contributed by atoms with Crippen molar-refractivity contribution in [1.29, 1.82) is 5.26 Å². The lowest BCUT2D eigenvalue weighted by Gasteiger charge is -2.30. The van der Waals surface area contributed by atoms with Crippen LogP contribution in [0.4, 0.5) is 10.1 Å². The van der Waals surface area contributed by atoms with Gasteiger partial charge in [-0.2, -0.15) is 5.26 Å². The highest BCUT2D eigenvalue weighted by molar-refractivity contribution is 9.10. The summed E-state index contributed by atoms with van der Waals surface area (Å²) in [5.41, 5.74) is 0.825. The SMILES string of the molecule is CCC1CCCC(Nc2ccc(C#N)c(Br)c2F)C1. The predicted octanol–water partition coefficient (Wildman–Crippen LogP) is 4.84. The van der Waals surface area contributed by atoms with Crippen molar-refractivity contribution in [2.75, 3.05) is 5.32 Å². The largest absolute Gasteiger partial charge is 0.380 e. The summed E-state index contributed by atoms with van der Waals surface area (Å²) in [7, 11) is 0. The smallest absolute Gasteiger partial charge is 0.161 e. The lowest BCUT2D eigenvalue weighted by atomic mass is 9.84. The summed E-state index contributed by atoms with van der Waals surface area (Å²) in [5.74, 6) is 0.383. The Morgan fingerprint density at radius 1 is 1.47 bits per heavy atom. The number of hydrogen-bond donors (Lipinski definition) is 1. The van der Waals surface area contributed by atoms with Crippen molar-refractivity contribution in [1.82, 2.24) is 0 Å². The maximum Gasteiger partial charge on any atom is 0.161 e. The van der Waals surface area contributed by atoms with Crippen molar-refractivity contribution < 1.29 is 4.39 Å². The third-order valence-corrected chi connectivity index (χ3v) is 4.70. The molecule has 2 unspecified atom stereocenters. The molecule has 1 fully saturated rings. The minimum Gasteiger partial charge on any atom is -0.380 e. The van der Waals surface area contributed by atoms with Gasteiger partial charge in [-0.25, -0.2) is 4.39 Å². The average Bonchev–Trinajstić information content (AvgIpc) is 2.44. The molecular formula is C15H18BrFN2. The van der Waals surface area contributed by atoms with Crippen molar-refractivity contribution in [3.63, 3.8) is 0 Å². The van der Waals surface area contributed by atoms with E-state index in [-0.39, 0.29) is 10.3 Å². The van der Waals surface area contributed by atoms with Crippen molar-refractivity contribution in [2.45, 2.75) is 45.1 Å². The predicted molar refractivity (Wildman–Crippen MR) is 78.5 cm³/mol. The Labute approximate surface area is 122 Å². The molecule has 1 aliphatic carbocycles. The quantitative estimate of drug-likeness (QED) is 0.863. The van der Waals surface area contributed by atoms with Gasteiger partial charge in [0, 0.05) is 6.04 Å². The summed E-state index contributed by atoms with van der Waals surface area (Å²) in [4.78, 5) is 0. The van der Waals surface area contributed by atoms with Crippen molar-refractivity contribution in [3.8, 4) is 6.07 Å². The van der Waals surface area contributed by atoms with Crippen LogP contribution in [0.25, 0.3) is 0 Å². The molecule has 0 spiro atoms. The van der Waals surface area contributed by atoms with E-state index < -0.39 is 0 Å². The highest BCUT2D eigenvalue weighted by atomic mass is 79.9. The standard InChI is InChI=1S/C15H18BrFN2/c1-2-10-4-3-5-12(8-10)19-13-7-6-11(9-18)14(16)15(13)17/h6-7,10,12,19H,2-5,8H2,1H3. The molecule has 0 amide bonds. The van der Waals surface area contributed by atoms with Gasteiger partial charge in [0.15, 0.2) is 5.82 Å². The Morgan fingerprint density at radius 3 is 2.95 bits per heavy atom. The van der Waals surface area contributed by atoms with Crippen molar-refractivity contribution in [2.24, 2.45) is 5.92 Å². The first-order chi connectivity index (χ1) is 9.15. The van der Waals surface area contributed by atoms with Gasteiger partial charge in [0.2, 0.25) is 0 Å². The van der Waals surface area contributed by atoms with Crippen LogP contribution in [0.5, 0.6) is 0 Å². The Hall–Kier alpha value is -1.08. The van der Waals surface area contributed by atoms with Gasteiger partial charge in [-0.3, -0.25) is 0 Å². The summed E-state index contributed by atoms with van der Waals surface area (Å²) in [6.45, 7) is 2.21. The van der Waals surface area contributed by atoms with E-state index in [2.05, 4.69) is 28.2 Å². The average molecular weight is 325 g/mol. The molecule has 2 atom stereocenters. The molecule has 1 N–H and O–H groups in total. The number of benzene rings is 1. The Balaban J connectivity index is 2.11. The van der Waals surface area contributed by atoms with Gasteiger partial charge in [0.25, 0.3) is 0 Å². The van der Waals surface area contributed by atoms with Crippen LogP contribution >= 0.6 is 15.9 Å². The molecule has 19 heavy (non-hydrogen) atoms. The highest BCUT2D eigenvalue weighted by Gasteiger charge is 2.22. The first-order valence-electron chi connectivity index (χ1n) is 6.80. The summed E-state index contributed by atoms with van der Waals surface area (Å²) in [5, 5.41) is 12.1. The summed E-state index contributed by atoms with van der Waals surface area (Å²) in [6.07, 6.45) is 5.88. The maximum absolute atomic E-state index is 14.1. The Kier molecular flexibility index (Phi) is 4.81. The zero-order valence-corrected chi connectivity index (χ0v) is 12.6. The molecule has 0 saturated heterocycles. The molecule has 0 radical (unpaired) electrons. The van der Waals surface area contributed by atoms with Gasteiger partial charge in [-0.1, -0.05) is 26.2 Å². The molecule has 2 nitrogen and oxygen atoms in total. The molecule has 102 valence electrons. The van der Waals surface area contributed by atoms with E-state index in [0.29, 0.717) is 17.3 Å². The third kappa shape index (κ3) is 3.27. The molecule has 1 aromatic carbocycles. The second-order valence-corrected chi connectivity index (χ2v) is 5.98. The van der Waals surface area contributed by atoms with Crippen LogP contribution in [0.15, 0.2) is 16.6 Å². The van der Waals surface area contributed by atoms with E-state index in [1.165, 1.54) is 19.3 Å². The van der Waals surface area contributed by atoms with Crippen LogP contribution < -0.4 is 5.32 Å². The fourth-order valence-electron chi connectivity index (χ4n) is 2.76.